The highest BCUT2D eigenvalue weighted by molar-refractivity contribution is 6.31. The highest BCUT2D eigenvalue weighted by Gasteiger charge is 2.33. The van der Waals surface area contributed by atoms with Crippen LogP contribution < -0.4 is 0 Å². The highest BCUT2D eigenvalue weighted by atomic mass is 35.5. The molecule has 0 aliphatic carbocycles. The second-order valence-electron chi connectivity index (χ2n) is 7.61. The summed E-state index contributed by atoms with van der Waals surface area (Å²) >= 11 is 6.07. The molecule has 3 aromatic rings. The number of rotatable bonds is 6. The fraction of sp³-hybridized carbons (Fsp3) is 0.240. The van der Waals surface area contributed by atoms with Crippen LogP contribution in [0.3, 0.4) is 0 Å². The van der Waals surface area contributed by atoms with E-state index >= 15 is 0 Å². The van der Waals surface area contributed by atoms with Crippen LogP contribution in [0.4, 0.5) is 13.2 Å². The molecule has 32 heavy (non-hydrogen) atoms. The molecule has 0 spiro atoms. The van der Waals surface area contributed by atoms with E-state index in [2.05, 4.69) is 4.98 Å². The van der Waals surface area contributed by atoms with Gasteiger partial charge in [-0.3, -0.25) is 4.79 Å². The molecule has 1 aromatic heterocycles. The van der Waals surface area contributed by atoms with E-state index in [1.165, 1.54) is 6.07 Å². The summed E-state index contributed by atoms with van der Waals surface area (Å²) in [6.45, 7) is 3.59. The van der Waals surface area contributed by atoms with Gasteiger partial charge in [-0.1, -0.05) is 54.4 Å². The van der Waals surface area contributed by atoms with Gasteiger partial charge in [0.1, 0.15) is 17.5 Å². The molecule has 7 heteroatoms. The fourth-order valence-corrected chi connectivity index (χ4v) is 3.67. The van der Waals surface area contributed by atoms with Gasteiger partial charge < -0.3 is 0 Å². The number of hydrogen-bond acceptors (Lipinski definition) is 3. The minimum absolute atomic E-state index is 0.0825. The van der Waals surface area contributed by atoms with E-state index in [-0.39, 0.29) is 29.3 Å². The Morgan fingerprint density at radius 2 is 1.91 bits per heavy atom. The third-order valence-corrected chi connectivity index (χ3v) is 5.61. The first-order valence-corrected chi connectivity index (χ1v) is 10.3. The average molecular weight is 457 g/mol. The molecule has 0 N–H and O–H groups in total. The quantitative estimate of drug-likeness (QED) is 0.405. The van der Waals surface area contributed by atoms with Gasteiger partial charge in [0.05, 0.1) is 16.3 Å². The summed E-state index contributed by atoms with van der Waals surface area (Å²) in [5.74, 6) is -0.550. The Kier molecular flexibility index (Phi) is 7.00. The summed E-state index contributed by atoms with van der Waals surface area (Å²) in [7, 11) is 0. The smallest absolute Gasteiger partial charge is 0.299 e. The molecule has 3 nitrogen and oxygen atoms in total. The van der Waals surface area contributed by atoms with Crippen molar-refractivity contribution in [1.82, 2.24) is 4.98 Å². The standard InChI is InChI=1S/C25H20ClF3N2O/c1-15-4-3-5-19(12-15)24-17(9-11-23(31-24)25(27,28)29)8-10-22(32)16(2)18-6-7-20(14-30)21(26)13-18/h3-7,9,11-13,16H,8,10H2,1-2H3. The largest absolute Gasteiger partial charge is 0.433 e. The summed E-state index contributed by atoms with van der Waals surface area (Å²) in [5.41, 5.74) is 2.31. The lowest BCUT2D eigenvalue weighted by Crippen LogP contribution is -2.12. The van der Waals surface area contributed by atoms with Crippen LogP contribution in [-0.2, 0) is 17.4 Å². The lowest BCUT2D eigenvalue weighted by molar-refractivity contribution is -0.141. The van der Waals surface area contributed by atoms with Crippen LogP contribution in [0.1, 0.15) is 47.2 Å². The molecule has 0 aliphatic rings. The summed E-state index contributed by atoms with van der Waals surface area (Å²) in [5, 5.41) is 9.27. The third kappa shape index (κ3) is 5.35. The number of Topliss-reactive ketones (excluding diaryl/α,β-unsaturated/α-hetero) is 1. The molecule has 0 saturated carbocycles. The van der Waals surface area contributed by atoms with E-state index in [0.717, 1.165) is 11.6 Å². The van der Waals surface area contributed by atoms with Crippen LogP contribution in [0.5, 0.6) is 0 Å². The molecule has 0 radical (unpaired) electrons. The van der Waals surface area contributed by atoms with Crippen molar-refractivity contribution in [3.8, 4) is 17.3 Å². The molecular formula is C25H20ClF3N2O. The number of aromatic nitrogens is 1. The van der Waals surface area contributed by atoms with Crippen molar-refractivity contribution in [2.45, 2.75) is 38.8 Å². The van der Waals surface area contributed by atoms with Crippen molar-refractivity contribution >= 4 is 17.4 Å². The number of carbonyl (C=O) groups is 1. The maximum Gasteiger partial charge on any atom is 0.433 e. The number of ketones is 1. The van der Waals surface area contributed by atoms with Crippen molar-refractivity contribution in [2.24, 2.45) is 0 Å². The SMILES string of the molecule is Cc1cccc(-c2nc(C(F)(F)F)ccc2CCC(=O)C(C)c2ccc(C#N)c(Cl)c2)c1. The van der Waals surface area contributed by atoms with Gasteiger partial charge in [-0.15, -0.1) is 0 Å². The summed E-state index contributed by atoms with van der Waals surface area (Å²) < 4.78 is 39.7. The van der Waals surface area contributed by atoms with Crippen molar-refractivity contribution in [2.75, 3.05) is 0 Å². The zero-order chi connectivity index (χ0) is 23.5. The van der Waals surface area contributed by atoms with E-state index < -0.39 is 17.8 Å². The molecular weight excluding hydrogens is 437 g/mol. The lowest BCUT2D eigenvalue weighted by Gasteiger charge is -2.15. The molecule has 1 unspecified atom stereocenters. The molecule has 3 rings (SSSR count). The maximum atomic E-state index is 13.2. The molecule has 0 saturated heterocycles. The summed E-state index contributed by atoms with van der Waals surface area (Å²) in [6.07, 6.45) is -4.18. The Balaban J connectivity index is 1.86. The van der Waals surface area contributed by atoms with Crippen molar-refractivity contribution < 1.29 is 18.0 Å². The molecule has 0 amide bonds. The van der Waals surface area contributed by atoms with Gasteiger partial charge in [0, 0.05) is 17.9 Å². The molecule has 1 atom stereocenters. The highest BCUT2D eigenvalue weighted by Crippen LogP contribution is 2.32. The second-order valence-corrected chi connectivity index (χ2v) is 8.02. The molecule has 2 aromatic carbocycles. The monoisotopic (exact) mass is 456 g/mol. The topological polar surface area (TPSA) is 53.8 Å². The van der Waals surface area contributed by atoms with Gasteiger partial charge in [0.25, 0.3) is 0 Å². The minimum atomic E-state index is -4.56. The maximum absolute atomic E-state index is 13.2. The number of benzene rings is 2. The van der Waals surface area contributed by atoms with Crippen LogP contribution in [0.25, 0.3) is 11.3 Å². The number of alkyl halides is 3. The number of carbonyl (C=O) groups excluding carboxylic acids is 1. The predicted molar refractivity (Wildman–Crippen MR) is 117 cm³/mol. The van der Waals surface area contributed by atoms with Gasteiger partial charge in [-0.25, -0.2) is 4.98 Å². The fourth-order valence-electron chi connectivity index (χ4n) is 3.44. The molecule has 164 valence electrons. The van der Waals surface area contributed by atoms with Crippen molar-refractivity contribution in [3.05, 3.63) is 87.6 Å². The number of nitrogens with zero attached hydrogens (tertiary/aromatic N) is 2. The van der Waals surface area contributed by atoms with Gasteiger partial charge in [0.15, 0.2) is 0 Å². The van der Waals surface area contributed by atoms with Gasteiger partial charge >= 0.3 is 6.18 Å². The first-order valence-electron chi connectivity index (χ1n) is 9.96. The number of halogens is 4. The zero-order valence-electron chi connectivity index (χ0n) is 17.5. The van der Waals surface area contributed by atoms with Gasteiger partial charge in [0.2, 0.25) is 0 Å². The van der Waals surface area contributed by atoms with Crippen LogP contribution in [0.15, 0.2) is 54.6 Å². The predicted octanol–water partition coefficient (Wildman–Crippen LogP) is 6.91. The third-order valence-electron chi connectivity index (χ3n) is 5.30. The summed E-state index contributed by atoms with van der Waals surface area (Å²) in [4.78, 5) is 16.7. The van der Waals surface area contributed by atoms with E-state index in [9.17, 15) is 18.0 Å². The lowest BCUT2D eigenvalue weighted by atomic mass is 9.91. The van der Waals surface area contributed by atoms with E-state index in [1.54, 1.807) is 43.3 Å². The Labute approximate surface area is 189 Å². The first kappa shape index (κ1) is 23.5. The number of nitriles is 1. The Hall–Kier alpha value is -3.17. The molecule has 1 heterocycles. The normalized spacial score (nSPS) is 12.3. The summed E-state index contributed by atoms with van der Waals surface area (Å²) in [6, 6.07) is 16.3. The average Bonchev–Trinajstić information content (AvgIpc) is 2.76. The zero-order valence-corrected chi connectivity index (χ0v) is 18.3. The Bertz CT molecular complexity index is 1200. The van der Waals surface area contributed by atoms with E-state index in [4.69, 9.17) is 16.9 Å². The number of hydrogen-bond donors (Lipinski definition) is 0. The first-order chi connectivity index (χ1) is 15.1. The number of pyridine rings is 1. The number of aryl methyl sites for hydroxylation is 2. The van der Waals surface area contributed by atoms with E-state index in [1.807, 2.05) is 19.1 Å². The van der Waals surface area contributed by atoms with Gasteiger partial charge in [-0.2, -0.15) is 18.4 Å². The Morgan fingerprint density at radius 1 is 1.16 bits per heavy atom. The second kappa shape index (κ2) is 9.54. The van der Waals surface area contributed by atoms with Crippen molar-refractivity contribution in [3.63, 3.8) is 0 Å². The molecule has 0 aliphatic heterocycles. The molecule has 0 fully saturated rings. The van der Waals surface area contributed by atoms with Crippen LogP contribution >= 0.6 is 11.6 Å². The molecule has 0 bridgehead atoms. The van der Waals surface area contributed by atoms with Crippen molar-refractivity contribution in [1.29, 1.82) is 5.26 Å². The van der Waals surface area contributed by atoms with Crippen LogP contribution in [-0.4, -0.2) is 10.8 Å². The Morgan fingerprint density at radius 3 is 2.53 bits per heavy atom. The van der Waals surface area contributed by atoms with Gasteiger partial charge in [-0.05, 0) is 48.7 Å². The minimum Gasteiger partial charge on any atom is -0.299 e. The van der Waals surface area contributed by atoms with Crippen LogP contribution in [0.2, 0.25) is 5.02 Å². The van der Waals surface area contributed by atoms with E-state index in [0.29, 0.717) is 22.3 Å². The van der Waals surface area contributed by atoms with Crippen LogP contribution in [0, 0.1) is 18.3 Å².